The molecule has 0 aromatic heterocycles. The zero-order valence-corrected chi connectivity index (χ0v) is 12.0. The molecule has 20 heavy (non-hydrogen) atoms. The van der Waals surface area contributed by atoms with E-state index < -0.39 is 11.6 Å². The number of hydrogen-bond acceptors (Lipinski definition) is 3. The highest BCUT2D eigenvalue weighted by Crippen LogP contribution is 2.23. The molecule has 1 fully saturated rings. The van der Waals surface area contributed by atoms with Gasteiger partial charge in [-0.3, -0.25) is 9.59 Å². The first-order chi connectivity index (χ1) is 9.37. The number of phenolic OH excluding ortho intramolecular Hbond substituents is 1. The first-order valence-corrected chi connectivity index (χ1v) is 6.78. The predicted molar refractivity (Wildman–Crippen MR) is 75.0 cm³/mol. The number of carbonyl (C=O) groups is 2. The summed E-state index contributed by atoms with van der Waals surface area (Å²) in [7, 11) is 0. The van der Waals surface area contributed by atoms with E-state index in [1.807, 2.05) is 6.92 Å². The third-order valence-electron chi connectivity index (χ3n) is 3.98. The Bertz CT molecular complexity index is 526. The number of rotatable bonds is 3. The van der Waals surface area contributed by atoms with Crippen molar-refractivity contribution in [2.24, 2.45) is 0 Å². The number of hydrogen-bond donors (Lipinski definition) is 2. The van der Waals surface area contributed by atoms with Crippen LogP contribution < -0.4 is 5.32 Å². The van der Waals surface area contributed by atoms with Crippen LogP contribution in [0.1, 0.15) is 32.8 Å². The van der Waals surface area contributed by atoms with E-state index in [2.05, 4.69) is 5.32 Å². The Hall–Kier alpha value is -2.04. The van der Waals surface area contributed by atoms with Gasteiger partial charge in [-0.05, 0) is 38.0 Å². The average molecular weight is 276 g/mol. The first kappa shape index (κ1) is 14.4. The fourth-order valence-corrected chi connectivity index (χ4v) is 2.31. The number of benzene rings is 1. The van der Waals surface area contributed by atoms with E-state index in [4.69, 9.17) is 0 Å². The van der Waals surface area contributed by atoms with Gasteiger partial charge in [-0.2, -0.15) is 0 Å². The third kappa shape index (κ3) is 2.48. The smallest absolute Gasteiger partial charge is 0.248 e. The van der Waals surface area contributed by atoms with E-state index in [0.717, 1.165) is 5.56 Å². The summed E-state index contributed by atoms with van der Waals surface area (Å²) in [5.74, 6) is -0.0178. The van der Waals surface area contributed by atoms with Gasteiger partial charge in [-0.15, -0.1) is 0 Å². The fraction of sp³-hybridized carbons (Fsp3) is 0.467. The van der Waals surface area contributed by atoms with Crippen molar-refractivity contribution in [1.29, 1.82) is 0 Å². The molecule has 2 amide bonds. The molecule has 5 nitrogen and oxygen atoms in total. The van der Waals surface area contributed by atoms with Crippen molar-refractivity contribution in [1.82, 2.24) is 10.2 Å². The summed E-state index contributed by atoms with van der Waals surface area (Å²) < 4.78 is 0. The van der Waals surface area contributed by atoms with Gasteiger partial charge in [0.1, 0.15) is 17.3 Å². The van der Waals surface area contributed by atoms with E-state index >= 15 is 0 Å². The van der Waals surface area contributed by atoms with Crippen LogP contribution in [0, 0.1) is 0 Å². The Morgan fingerprint density at radius 1 is 1.30 bits per heavy atom. The lowest BCUT2D eigenvalue weighted by Gasteiger charge is -2.43. The number of phenols is 1. The van der Waals surface area contributed by atoms with Crippen LogP contribution in [-0.2, 0) is 16.1 Å². The van der Waals surface area contributed by atoms with E-state index in [9.17, 15) is 14.7 Å². The molecule has 0 bridgehead atoms. The van der Waals surface area contributed by atoms with Crippen LogP contribution in [0.4, 0.5) is 0 Å². The van der Waals surface area contributed by atoms with Gasteiger partial charge in [-0.1, -0.05) is 19.1 Å². The van der Waals surface area contributed by atoms with Gasteiger partial charge in [0.25, 0.3) is 0 Å². The first-order valence-electron chi connectivity index (χ1n) is 6.78. The molecule has 0 spiro atoms. The van der Waals surface area contributed by atoms with Gasteiger partial charge in [0.05, 0.1) is 0 Å². The fourth-order valence-electron chi connectivity index (χ4n) is 2.31. The maximum atomic E-state index is 12.6. The minimum Gasteiger partial charge on any atom is -0.508 e. The van der Waals surface area contributed by atoms with Crippen molar-refractivity contribution in [2.75, 3.05) is 0 Å². The topological polar surface area (TPSA) is 69.6 Å². The molecule has 0 saturated carbocycles. The highest BCUT2D eigenvalue weighted by Gasteiger charge is 2.45. The molecule has 1 aliphatic rings. The van der Waals surface area contributed by atoms with E-state index in [1.165, 1.54) is 0 Å². The lowest BCUT2D eigenvalue weighted by Crippen LogP contribution is -2.68. The van der Waals surface area contributed by atoms with Crippen molar-refractivity contribution in [3.8, 4) is 5.75 Å². The Kier molecular flexibility index (Phi) is 3.70. The maximum absolute atomic E-state index is 12.6. The van der Waals surface area contributed by atoms with Crippen LogP contribution >= 0.6 is 0 Å². The SMILES string of the molecule is CCC1(C)NC(=O)C(C)N(Cc2ccc(O)cc2)C1=O. The average Bonchev–Trinajstić information content (AvgIpc) is 2.43. The quantitative estimate of drug-likeness (QED) is 0.877. The number of carbonyl (C=O) groups excluding carboxylic acids is 2. The Morgan fingerprint density at radius 2 is 1.90 bits per heavy atom. The molecular formula is C15H20N2O3. The number of piperazine rings is 1. The minimum atomic E-state index is -0.833. The molecule has 1 aromatic carbocycles. The molecule has 108 valence electrons. The lowest BCUT2D eigenvalue weighted by molar-refractivity contribution is -0.154. The molecule has 5 heteroatoms. The number of nitrogens with zero attached hydrogens (tertiary/aromatic N) is 1. The molecule has 2 N–H and O–H groups in total. The number of amides is 2. The normalized spacial score (nSPS) is 26.6. The predicted octanol–water partition coefficient (Wildman–Crippen LogP) is 1.41. The van der Waals surface area contributed by atoms with Crippen LogP contribution in [0.15, 0.2) is 24.3 Å². The molecule has 2 atom stereocenters. The monoisotopic (exact) mass is 276 g/mol. The molecule has 1 saturated heterocycles. The van der Waals surface area contributed by atoms with Crippen molar-refractivity contribution < 1.29 is 14.7 Å². The summed E-state index contributed by atoms with van der Waals surface area (Å²) in [4.78, 5) is 26.2. The summed E-state index contributed by atoms with van der Waals surface area (Å²) in [6.07, 6.45) is 0.552. The second kappa shape index (κ2) is 5.15. The molecule has 0 radical (unpaired) electrons. The molecular weight excluding hydrogens is 256 g/mol. The van der Waals surface area contributed by atoms with Gasteiger partial charge in [0.2, 0.25) is 11.8 Å². The molecule has 2 unspecified atom stereocenters. The Labute approximate surface area is 118 Å². The summed E-state index contributed by atoms with van der Waals surface area (Å²) in [6, 6.07) is 6.17. The van der Waals surface area contributed by atoms with Gasteiger partial charge in [-0.25, -0.2) is 0 Å². The van der Waals surface area contributed by atoms with Crippen LogP contribution in [0.25, 0.3) is 0 Å². The standard InChI is InChI=1S/C15H20N2O3/c1-4-15(3)14(20)17(10(2)13(19)16-15)9-11-5-7-12(18)8-6-11/h5-8,10,18H,4,9H2,1-3H3,(H,16,19). The van der Waals surface area contributed by atoms with E-state index in [-0.39, 0.29) is 17.6 Å². The van der Waals surface area contributed by atoms with E-state index in [1.54, 1.807) is 43.0 Å². The molecule has 1 aromatic rings. The molecule has 1 heterocycles. The van der Waals surface area contributed by atoms with Crippen LogP contribution in [0.3, 0.4) is 0 Å². The largest absolute Gasteiger partial charge is 0.508 e. The van der Waals surface area contributed by atoms with Crippen molar-refractivity contribution in [2.45, 2.75) is 45.3 Å². The van der Waals surface area contributed by atoms with Crippen LogP contribution in [0.2, 0.25) is 0 Å². The second-order valence-corrected chi connectivity index (χ2v) is 5.45. The zero-order chi connectivity index (χ0) is 14.9. The van der Waals surface area contributed by atoms with Gasteiger partial charge in [0.15, 0.2) is 0 Å². The Morgan fingerprint density at radius 3 is 2.45 bits per heavy atom. The highest BCUT2D eigenvalue weighted by atomic mass is 16.3. The second-order valence-electron chi connectivity index (χ2n) is 5.45. The number of nitrogens with one attached hydrogen (secondary N) is 1. The zero-order valence-electron chi connectivity index (χ0n) is 12.0. The number of aromatic hydroxyl groups is 1. The van der Waals surface area contributed by atoms with Gasteiger partial charge in [0, 0.05) is 6.54 Å². The molecule has 0 aliphatic carbocycles. The summed E-state index contributed by atoms with van der Waals surface area (Å²) in [5.41, 5.74) is 0.0525. The molecule has 2 rings (SSSR count). The minimum absolute atomic E-state index is 0.0693. The third-order valence-corrected chi connectivity index (χ3v) is 3.98. The van der Waals surface area contributed by atoms with Crippen LogP contribution in [0.5, 0.6) is 5.75 Å². The van der Waals surface area contributed by atoms with E-state index in [0.29, 0.717) is 13.0 Å². The summed E-state index contributed by atoms with van der Waals surface area (Å²) in [6.45, 7) is 5.72. The summed E-state index contributed by atoms with van der Waals surface area (Å²) >= 11 is 0. The maximum Gasteiger partial charge on any atom is 0.248 e. The van der Waals surface area contributed by atoms with Gasteiger partial charge >= 0.3 is 0 Å². The van der Waals surface area contributed by atoms with Crippen molar-refractivity contribution in [3.63, 3.8) is 0 Å². The summed E-state index contributed by atoms with van der Waals surface area (Å²) in [5, 5.41) is 12.1. The highest BCUT2D eigenvalue weighted by molar-refractivity contribution is 5.99. The van der Waals surface area contributed by atoms with Crippen molar-refractivity contribution in [3.05, 3.63) is 29.8 Å². The van der Waals surface area contributed by atoms with Gasteiger partial charge < -0.3 is 15.3 Å². The van der Waals surface area contributed by atoms with Crippen LogP contribution in [-0.4, -0.2) is 33.4 Å². The Balaban J connectivity index is 2.25. The lowest BCUT2D eigenvalue weighted by atomic mass is 9.92. The molecule has 1 aliphatic heterocycles. The van der Waals surface area contributed by atoms with Crippen molar-refractivity contribution >= 4 is 11.8 Å².